The van der Waals surface area contributed by atoms with Crippen molar-refractivity contribution < 1.29 is 9.53 Å². The summed E-state index contributed by atoms with van der Waals surface area (Å²) in [4.78, 5) is 14.7. The number of fused-ring (bicyclic) bond motifs is 1. The van der Waals surface area contributed by atoms with Gasteiger partial charge >= 0.3 is 0 Å². The van der Waals surface area contributed by atoms with Gasteiger partial charge in [0.25, 0.3) is 0 Å². The Morgan fingerprint density at radius 2 is 1.61 bits per heavy atom. The van der Waals surface area contributed by atoms with E-state index in [2.05, 4.69) is 49.1 Å². The van der Waals surface area contributed by atoms with Crippen LogP contribution in [-0.2, 0) is 9.53 Å². The Labute approximate surface area is 190 Å². The minimum absolute atomic E-state index is 0.207. The third-order valence-electron chi connectivity index (χ3n) is 7.35. The van der Waals surface area contributed by atoms with Gasteiger partial charge in [-0.2, -0.15) is 0 Å². The van der Waals surface area contributed by atoms with Gasteiger partial charge in [-0.3, -0.25) is 4.79 Å². The molecule has 0 N–H and O–H groups in total. The number of unbranched alkanes of at least 4 members (excludes halogenated alkanes) is 9. The molecule has 3 heteroatoms. The van der Waals surface area contributed by atoms with Gasteiger partial charge in [-0.1, -0.05) is 95.0 Å². The molecular formula is C28H43NO2. The molecule has 0 radical (unpaired) electrons. The quantitative estimate of drug-likeness (QED) is 0.303. The molecule has 1 aromatic rings. The van der Waals surface area contributed by atoms with Gasteiger partial charge < -0.3 is 9.64 Å². The number of carbonyl (C=O) groups is 1. The lowest BCUT2D eigenvalue weighted by Crippen LogP contribution is -2.48. The molecule has 3 rings (SSSR count). The van der Waals surface area contributed by atoms with E-state index in [9.17, 15) is 4.79 Å². The van der Waals surface area contributed by atoms with E-state index in [0.29, 0.717) is 6.61 Å². The van der Waals surface area contributed by atoms with E-state index in [-0.39, 0.29) is 17.6 Å². The second kappa shape index (κ2) is 11.9. The van der Waals surface area contributed by atoms with Crippen LogP contribution in [0.25, 0.3) is 0 Å². The van der Waals surface area contributed by atoms with Gasteiger partial charge in [0, 0.05) is 11.3 Å². The Balaban J connectivity index is 1.57. The number of ketones is 1. The van der Waals surface area contributed by atoms with Crippen molar-refractivity contribution in [1.82, 2.24) is 4.90 Å². The maximum absolute atomic E-state index is 12.3. The molecule has 2 aliphatic heterocycles. The van der Waals surface area contributed by atoms with Gasteiger partial charge in [0.15, 0.2) is 5.78 Å². The van der Waals surface area contributed by atoms with Crippen LogP contribution in [-0.4, -0.2) is 23.0 Å². The van der Waals surface area contributed by atoms with Crippen molar-refractivity contribution in [2.24, 2.45) is 0 Å². The molecule has 0 saturated carbocycles. The van der Waals surface area contributed by atoms with Crippen molar-refractivity contribution in [2.45, 2.75) is 116 Å². The van der Waals surface area contributed by atoms with Crippen LogP contribution in [0.3, 0.4) is 0 Å². The average molecular weight is 426 g/mol. The van der Waals surface area contributed by atoms with Crippen LogP contribution >= 0.6 is 0 Å². The molecule has 31 heavy (non-hydrogen) atoms. The summed E-state index contributed by atoms with van der Waals surface area (Å²) in [5.41, 5.74) is 3.18. The molecule has 1 fully saturated rings. The van der Waals surface area contributed by atoms with E-state index in [1.807, 2.05) is 0 Å². The average Bonchev–Trinajstić information content (AvgIpc) is 3.16. The van der Waals surface area contributed by atoms with Crippen molar-refractivity contribution in [3.8, 4) is 0 Å². The molecule has 1 aromatic carbocycles. The van der Waals surface area contributed by atoms with Crippen LogP contribution in [0.5, 0.6) is 0 Å². The van der Waals surface area contributed by atoms with Crippen LogP contribution < -0.4 is 0 Å². The monoisotopic (exact) mass is 425 g/mol. The minimum Gasteiger partial charge on any atom is -0.353 e. The second-order valence-electron chi connectivity index (χ2n) is 9.61. The molecular weight excluding hydrogens is 382 g/mol. The van der Waals surface area contributed by atoms with Gasteiger partial charge in [0.1, 0.15) is 5.72 Å². The lowest BCUT2D eigenvalue weighted by atomic mass is 9.87. The highest BCUT2D eigenvalue weighted by Crippen LogP contribution is 2.49. The molecule has 2 atom stereocenters. The van der Waals surface area contributed by atoms with Gasteiger partial charge in [-0.05, 0) is 45.1 Å². The molecule has 172 valence electrons. The SMILES string of the molecule is CCCCCCCCCCCC[C@@]12CCC(C(C)=O)=C(C)N1[C@@H](c1ccccc1)CO2. The molecule has 1 saturated heterocycles. The number of hydrogen-bond acceptors (Lipinski definition) is 3. The summed E-state index contributed by atoms with van der Waals surface area (Å²) in [7, 11) is 0. The summed E-state index contributed by atoms with van der Waals surface area (Å²) in [5.74, 6) is 0.212. The van der Waals surface area contributed by atoms with Crippen molar-refractivity contribution >= 4 is 5.78 Å². The summed E-state index contributed by atoms with van der Waals surface area (Å²) in [6.07, 6.45) is 16.3. The van der Waals surface area contributed by atoms with Crippen LogP contribution in [0.1, 0.15) is 116 Å². The van der Waals surface area contributed by atoms with E-state index in [4.69, 9.17) is 4.74 Å². The van der Waals surface area contributed by atoms with E-state index in [0.717, 1.165) is 30.5 Å². The summed E-state index contributed by atoms with van der Waals surface area (Å²) in [5, 5.41) is 0. The van der Waals surface area contributed by atoms with Gasteiger partial charge in [0.05, 0.1) is 12.6 Å². The first-order chi connectivity index (χ1) is 15.1. The first-order valence-corrected chi connectivity index (χ1v) is 12.8. The fourth-order valence-corrected chi connectivity index (χ4v) is 5.60. The lowest BCUT2D eigenvalue weighted by molar-refractivity contribution is -0.116. The van der Waals surface area contributed by atoms with Crippen LogP contribution in [0.4, 0.5) is 0 Å². The van der Waals surface area contributed by atoms with Crippen molar-refractivity contribution in [3.63, 3.8) is 0 Å². The van der Waals surface area contributed by atoms with Crippen molar-refractivity contribution in [3.05, 3.63) is 47.2 Å². The predicted molar refractivity (Wildman–Crippen MR) is 129 cm³/mol. The number of nitrogens with zero attached hydrogens (tertiary/aromatic N) is 1. The molecule has 0 unspecified atom stereocenters. The molecule has 2 heterocycles. The zero-order chi connectivity index (χ0) is 22.1. The lowest BCUT2D eigenvalue weighted by Gasteiger charge is -2.46. The highest BCUT2D eigenvalue weighted by atomic mass is 16.5. The summed E-state index contributed by atoms with van der Waals surface area (Å²) >= 11 is 0. The molecule has 2 aliphatic rings. The van der Waals surface area contributed by atoms with Gasteiger partial charge in [-0.25, -0.2) is 0 Å². The van der Waals surface area contributed by atoms with Crippen molar-refractivity contribution in [2.75, 3.05) is 6.61 Å². The van der Waals surface area contributed by atoms with Gasteiger partial charge in [-0.15, -0.1) is 0 Å². The number of rotatable bonds is 13. The third kappa shape index (κ3) is 6.00. The molecule has 3 nitrogen and oxygen atoms in total. The number of Topliss-reactive ketones (excluding diaryl/α,β-unsaturated/α-hetero) is 1. The molecule has 0 amide bonds. The molecule has 0 bridgehead atoms. The normalized spacial score (nSPS) is 23.3. The smallest absolute Gasteiger partial charge is 0.157 e. The minimum atomic E-state index is -0.232. The molecule has 0 aliphatic carbocycles. The number of ether oxygens (including phenoxy) is 1. The fraction of sp³-hybridized carbons (Fsp3) is 0.679. The zero-order valence-electron chi connectivity index (χ0n) is 20.1. The van der Waals surface area contributed by atoms with Crippen LogP contribution in [0.2, 0.25) is 0 Å². The highest BCUT2D eigenvalue weighted by Gasteiger charge is 2.50. The van der Waals surface area contributed by atoms with Crippen molar-refractivity contribution in [1.29, 1.82) is 0 Å². The maximum Gasteiger partial charge on any atom is 0.157 e. The predicted octanol–water partition coefficient (Wildman–Crippen LogP) is 7.72. The second-order valence-corrected chi connectivity index (χ2v) is 9.61. The molecule has 0 spiro atoms. The van der Waals surface area contributed by atoms with E-state index in [1.54, 1.807) is 6.92 Å². The third-order valence-corrected chi connectivity index (χ3v) is 7.35. The van der Waals surface area contributed by atoms with Crippen LogP contribution in [0.15, 0.2) is 41.6 Å². The fourth-order valence-electron chi connectivity index (χ4n) is 5.60. The number of allylic oxidation sites excluding steroid dienone is 2. The Kier molecular flexibility index (Phi) is 9.19. The van der Waals surface area contributed by atoms with Crippen LogP contribution in [0, 0.1) is 0 Å². The molecule has 0 aromatic heterocycles. The first-order valence-electron chi connectivity index (χ1n) is 12.8. The Morgan fingerprint density at radius 3 is 2.23 bits per heavy atom. The number of benzene rings is 1. The topological polar surface area (TPSA) is 29.5 Å². The van der Waals surface area contributed by atoms with Gasteiger partial charge in [0.2, 0.25) is 0 Å². The maximum atomic E-state index is 12.3. The Morgan fingerprint density at radius 1 is 1.00 bits per heavy atom. The standard InChI is InChI=1S/C28H43NO2/c1-4-5-6-7-8-9-10-11-12-16-20-28-21-19-26(24(3)30)23(2)29(28)27(22-31-28)25-17-14-13-15-18-25/h13-15,17-18,27H,4-12,16,19-22H2,1-3H3/t27-,28-/m1/s1. The largest absolute Gasteiger partial charge is 0.353 e. The van der Waals surface area contributed by atoms with E-state index in [1.165, 1.54) is 69.8 Å². The summed E-state index contributed by atoms with van der Waals surface area (Å²) < 4.78 is 6.57. The zero-order valence-corrected chi connectivity index (χ0v) is 20.1. The van der Waals surface area contributed by atoms with E-state index < -0.39 is 0 Å². The highest BCUT2D eigenvalue weighted by molar-refractivity contribution is 5.94. The van der Waals surface area contributed by atoms with E-state index >= 15 is 0 Å². The number of hydrogen-bond donors (Lipinski definition) is 0. The first kappa shape index (κ1) is 24.0. The summed E-state index contributed by atoms with van der Waals surface area (Å²) in [6, 6.07) is 10.9. The summed E-state index contributed by atoms with van der Waals surface area (Å²) in [6.45, 7) is 6.84. The number of carbonyl (C=O) groups excluding carboxylic acids is 1. The Bertz CT molecular complexity index is 726. The Hall–Kier alpha value is -1.61.